The quantitative estimate of drug-likeness (QED) is 0.455. The van der Waals surface area contributed by atoms with Crippen LogP contribution in [0.25, 0.3) is 0 Å². The van der Waals surface area contributed by atoms with Crippen molar-refractivity contribution in [2.45, 2.75) is 39.8 Å². The second-order valence-corrected chi connectivity index (χ2v) is 9.10. The molecule has 1 aliphatic rings. The molecule has 0 saturated carbocycles. The summed E-state index contributed by atoms with van der Waals surface area (Å²) in [4.78, 5) is 33.1. The predicted octanol–water partition coefficient (Wildman–Crippen LogP) is 2.31. The number of hydrogen-bond acceptors (Lipinski definition) is 4. The van der Waals surface area contributed by atoms with Crippen molar-refractivity contribution in [3.05, 3.63) is 57.3 Å². The number of guanidine groups is 1. The maximum atomic E-state index is 12.6. The number of nitrogens with zero attached hydrogens (tertiary/aromatic N) is 2. The molecule has 1 fully saturated rings. The van der Waals surface area contributed by atoms with Crippen LogP contribution >= 0.6 is 11.3 Å². The Kier molecular flexibility index (Phi) is 8.06. The smallest absolute Gasteiger partial charge is 0.254 e. The van der Waals surface area contributed by atoms with Crippen LogP contribution in [0, 0.1) is 6.92 Å². The van der Waals surface area contributed by atoms with Gasteiger partial charge in [-0.2, -0.15) is 0 Å². The number of piperazine rings is 1. The van der Waals surface area contributed by atoms with Crippen LogP contribution in [-0.2, 0) is 17.8 Å². The lowest BCUT2D eigenvalue weighted by Gasteiger charge is -2.26. The van der Waals surface area contributed by atoms with Gasteiger partial charge in [0.15, 0.2) is 5.96 Å². The fourth-order valence-corrected chi connectivity index (χ4v) is 4.44. The summed E-state index contributed by atoms with van der Waals surface area (Å²) in [5.41, 5.74) is 1.61. The zero-order valence-electron chi connectivity index (χ0n) is 18.4. The van der Waals surface area contributed by atoms with Crippen LogP contribution in [0.1, 0.15) is 39.5 Å². The van der Waals surface area contributed by atoms with E-state index in [0.29, 0.717) is 25.2 Å². The zero-order valence-corrected chi connectivity index (χ0v) is 19.2. The molecule has 0 radical (unpaired) electrons. The lowest BCUT2D eigenvalue weighted by atomic mass is 10.1. The molecule has 0 spiro atoms. The van der Waals surface area contributed by atoms with Crippen LogP contribution < -0.4 is 16.0 Å². The molecule has 2 amide bonds. The van der Waals surface area contributed by atoms with E-state index in [2.05, 4.69) is 41.9 Å². The van der Waals surface area contributed by atoms with Crippen molar-refractivity contribution in [3.8, 4) is 0 Å². The number of aryl methyl sites for hydroxylation is 1. The van der Waals surface area contributed by atoms with Crippen molar-refractivity contribution in [1.29, 1.82) is 0 Å². The number of amides is 2. The fraction of sp³-hybridized carbons (Fsp3) is 0.435. The number of hydrogen-bond donors (Lipinski definition) is 3. The van der Waals surface area contributed by atoms with Gasteiger partial charge in [-0.05, 0) is 50.6 Å². The minimum absolute atomic E-state index is 0.113. The number of thiophene rings is 1. The van der Waals surface area contributed by atoms with Gasteiger partial charge in [0.05, 0.1) is 13.1 Å². The van der Waals surface area contributed by atoms with Crippen LogP contribution in [-0.4, -0.2) is 54.9 Å². The highest BCUT2D eigenvalue weighted by atomic mass is 32.1. The molecule has 8 heteroatoms. The first-order valence-corrected chi connectivity index (χ1v) is 11.5. The van der Waals surface area contributed by atoms with Crippen molar-refractivity contribution in [3.63, 3.8) is 0 Å². The summed E-state index contributed by atoms with van der Waals surface area (Å²) in [5, 5.41) is 9.50. The molecule has 3 rings (SSSR count). The molecule has 0 aliphatic carbocycles. The first-order valence-electron chi connectivity index (χ1n) is 10.7. The maximum absolute atomic E-state index is 12.6. The Bertz CT molecular complexity index is 922. The molecule has 1 aromatic carbocycles. The first-order chi connectivity index (χ1) is 14.9. The van der Waals surface area contributed by atoms with Gasteiger partial charge < -0.3 is 20.9 Å². The van der Waals surface area contributed by atoms with E-state index in [1.54, 1.807) is 4.90 Å². The molecule has 2 heterocycles. The van der Waals surface area contributed by atoms with Gasteiger partial charge in [0.25, 0.3) is 5.91 Å². The number of nitrogens with one attached hydrogen (secondary N) is 3. The van der Waals surface area contributed by atoms with Crippen molar-refractivity contribution in [1.82, 2.24) is 20.9 Å². The standard InChI is InChI=1S/C23H31N5O2S/c1-4-24-23(27-16(2)13-20-10-5-17(3)31-20)26-14-18-6-8-19(9-7-18)22(30)28-12-11-25-21(29)15-28/h5-10,16H,4,11-15H2,1-3H3,(H,25,29)(H2,24,26,27). The molecule has 3 N–H and O–H groups in total. The summed E-state index contributed by atoms with van der Waals surface area (Å²) < 4.78 is 0. The molecule has 1 atom stereocenters. The van der Waals surface area contributed by atoms with Gasteiger partial charge >= 0.3 is 0 Å². The number of aliphatic imine (C=N–C) groups is 1. The summed E-state index contributed by atoms with van der Waals surface area (Å²) >= 11 is 1.83. The molecular formula is C23H31N5O2S. The van der Waals surface area contributed by atoms with Gasteiger partial charge in [-0.1, -0.05) is 12.1 Å². The van der Waals surface area contributed by atoms with Crippen LogP contribution in [0.15, 0.2) is 41.4 Å². The Balaban J connectivity index is 1.57. The molecule has 1 unspecified atom stereocenters. The van der Waals surface area contributed by atoms with Crippen molar-refractivity contribution in [2.75, 3.05) is 26.2 Å². The molecule has 1 aliphatic heterocycles. The predicted molar refractivity (Wildman–Crippen MR) is 126 cm³/mol. The number of carbonyl (C=O) groups excluding carboxylic acids is 2. The first kappa shape index (κ1) is 22.8. The molecule has 1 aromatic heterocycles. The normalized spacial score (nSPS) is 15.4. The highest BCUT2D eigenvalue weighted by molar-refractivity contribution is 7.11. The SMILES string of the molecule is CCNC(=NCc1ccc(C(=O)N2CCNC(=O)C2)cc1)NC(C)Cc1ccc(C)s1. The third kappa shape index (κ3) is 6.82. The van der Waals surface area contributed by atoms with Gasteiger partial charge in [0.2, 0.25) is 5.91 Å². The topological polar surface area (TPSA) is 85.8 Å². The molecule has 1 saturated heterocycles. The fourth-order valence-electron chi connectivity index (χ4n) is 3.42. The van der Waals surface area contributed by atoms with E-state index in [0.717, 1.165) is 24.5 Å². The molecule has 0 bridgehead atoms. The summed E-state index contributed by atoms with van der Waals surface area (Å²) in [7, 11) is 0. The Morgan fingerprint density at radius 3 is 2.68 bits per heavy atom. The maximum Gasteiger partial charge on any atom is 0.254 e. The highest BCUT2D eigenvalue weighted by Gasteiger charge is 2.22. The largest absolute Gasteiger partial charge is 0.357 e. The zero-order chi connectivity index (χ0) is 22.2. The van der Waals surface area contributed by atoms with E-state index < -0.39 is 0 Å². The molecule has 31 heavy (non-hydrogen) atoms. The summed E-state index contributed by atoms with van der Waals surface area (Å²) in [5.74, 6) is 0.553. The second-order valence-electron chi connectivity index (χ2n) is 7.73. The lowest BCUT2D eigenvalue weighted by Crippen LogP contribution is -2.49. The van der Waals surface area contributed by atoms with Gasteiger partial charge in [0, 0.05) is 47.4 Å². The van der Waals surface area contributed by atoms with Crippen molar-refractivity contribution >= 4 is 29.1 Å². The Hall–Kier alpha value is -2.87. The lowest BCUT2D eigenvalue weighted by molar-refractivity contribution is -0.123. The third-order valence-corrected chi connectivity index (χ3v) is 6.00. The van der Waals surface area contributed by atoms with Gasteiger partial charge in [-0.3, -0.25) is 9.59 Å². The highest BCUT2D eigenvalue weighted by Crippen LogP contribution is 2.16. The third-order valence-electron chi connectivity index (χ3n) is 4.98. The molecule has 2 aromatic rings. The van der Waals surface area contributed by atoms with E-state index in [9.17, 15) is 9.59 Å². The molecule has 7 nitrogen and oxygen atoms in total. The Morgan fingerprint density at radius 1 is 1.26 bits per heavy atom. The monoisotopic (exact) mass is 441 g/mol. The molecular weight excluding hydrogens is 410 g/mol. The summed E-state index contributed by atoms with van der Waals surface area (Å²) in [6, 6.07) is 12.0. The van der Waals surface area contributed by atoms with Crippen molar-refractivity contribution in [2.24, 2.45) is 4.99 Å². The van der Waals surface area contributed by atoms with Crippen molar-refractivity contribution < 1.29 is 9.59 Å². The number of benzene rings is 1. The van der Waals surface area contributed by atoms with Gasteiger partial charge in [0.1, 0.15) is 0 Å². The Labute approximate surface area is 187 Å². The van der Waals surface area contributed by atoms with E-state index in [1.807, 2.05) is 42.5 Å². The van der Waals surface area contributed by atoms with E-state index >= 15 is 0 Å². The number of rotatable bonds is 7. The van der Waals surface area contributed by atoms with Gasteiger partial charge in [-0.15, -0.1) is 11.3 Å². The Morgan fingerprint density at radius 2 is 2.03 bits per heavy atom. The summed E-state index contributed by atoms with van der Waals surface area (Å²) in [6.45, 7) is 8.79. The minimum Gasteiger partial charge on any atom is -0.357 e. The van der Waals surface area contributed by atoms with E-state index in [4.69, 9.17) is 4.99 Å². The van der Waals surface area contributed by atoms with E-state index in [-0.39, 0.29) is 24.4 Å². The van der Waals surface area contributed by atoms with Crippen LogP contribution in [0.4, 0.5) is 0 Å². The minimum atomic E-state index is -0.113. The summed E-state index contributed by atoms with van der Waals surface area (Å²) in [6.07, 6.45) is 0.953. The number of carbonyl (C=O) groups is 2. The van der Waals surface area contributed by atoms with Gasteiger partial charge in [-0.25, -0.2) is 4.99 Å². The second kappa shape index (κ2) is 10.9. The average Bonchev–Trinajstić information content (AvgIpc) is 3.16. The van der Waals surface area contributed by atoms with Crippen LogP contribution in [0.5, 0.6) is 0 Å². The van der Waals surface area contributed by atoms with Crippen LogP contribution in [0.2, 0.25) is 0 Å². The van der Waals surface area contributed by atoms with Crippen LogP contribution in [0.3, 0.4) is 0 Å². The average molecular weight is 442 g/mol. The van der Waals surface area contributed by atoms with E-state index in [1.165, 1.54) is 9.75 Å². The molecule has 166 valence electrons.